The van der Waals surface area contributed by atoms with Gasteiger partial charge in [0.15, 0.2) is 5.82 Å². The smallest absolute Gasteiger partial charge is 0.412 e. The van der Waals surface area contributed by atoms with E-state index in [4.69, 9.17) is 5.11 Å². The molecule has 1 rings (SSSR count). The lowest BCUT2D eigenvalue weighted by Gasteiger charge is -2.14. The maximum absolute atomic E-state index is 11.1. The second-order valence-corrected chi connectivity index (χ2v) is 4.40. The highest BCUT2D eigenvalue weighted by Gasteiger charge is 2.17. The molecule has 1 heterocycles. The molecule has 0 atom stereocenters. The number of ether oxygens (including phenoxy) is 1. The van der Waals surface area contributed by atoms with Crippen molar-refractivity contribution < 1.29 is 14.6 Å². The Morgan fingerprint density at radius 1 is 1.62 bits per heavy atom. The highest BCUT2D eigenvalue weighted by molar-refractivity contribution is 5.83. The number of amides is 1. The average molecular weight is 227 g/mol. The van der Waals surface area contributed by atoms with Crippen LogP contribution in [-0.2, 0) is 10.2 Å². The summed E-state index contributed by atoms with van der Waals surface area (Å²) in [7, 11) is 0. The summed E-state index contributed by atoms with van der Waals surface area (Å²) in [5, 5.41) is 17.7. The number of aromatic amines is 1. The lowest BCUT2D eigenvalue weighted by molar-refractivity contribution is 0.131. The van der Waals surface area contributed by atoms with E-state index in [0.29, 0.717) is 5.82 Å². The van der Waals surface area contributed by atoms with Crippen LogP contribution >= 0.6 is 0 Å². The van der Waals surface area contributed by atoms with Gasteiger partial charge in [0.1, 0.15) is 6.61 Å². The van der Waals surface area contributed by atoms with Gasteiger partial charge in [-0.2, -0.15) is 5.10 Å². The molecule has 6 nitrogen and oxygen atoms in total. The number of carbonyl (C=O) groups is 1. The van der Waals surface area contributed by atoms with Gasteiger partial charge >= 0.3 is 6.09 Å². The molecule has 0 aliphatic heterocycles. The van der Waals surface area contributed by atoms with Crippen LogP contribution in [0, 0.1) is 0 Å². The summed E-state index contributed by atoms with van der Waals surface area (Å²) >= 11 is 0. The number of carbonyl (C=O) groups excluding carboxylic acids is 1. The standard InChI is InChI=1S/C10H17N3O3/c1-10(2,3)7-6-8(13-12-7)11-9(15)16-5-4-14/h6,14H,4-5H2,1-3H3,(H2,11,12,13,15). The van der Waals surface area contributed by atoms with Crippen molar-refractivity contribution >= 4 is 11.9 Å². The fourth-order valence-electron chi connectivity index (χ4n) is 1.05. The molecule has 0 radical (unpaired) electrons. The third-order valence-electron chi connectivity index (χ3n) is 1.94. The zero-order chi connectivity index (χ0) is 12.2. The van der Waals surface area contributed by atoms with E-state index in [9.17, 15) is 4.79 Å². The molecule has 1 amide bonds. The lowest BCUT2D eigenvalue weighted by Crippen LogP contribution is -2.16. The zero-order valence-corrected chi connectivity index (χ0v) is 9.70. The number of nitrogens with one attached hydrogen (secondary N) is 2. The van der Waals surface area contributed by atoms with Crippen LogP contribution in [0.3, 0.4) is 0 Å². The van der Waals surface area contributed by atoms with E-state index in [1.165, 1.54) is 0 Å². The first-order chi connectivity index (χ1) is 7.43. The van der Waals surface area contributed by atoms with Gasteiger partial charge in [-0.3, -0.25) is 10.4 Å². The lowest BCUT2D eigenvalue weighted by atomic mass is 9.92. The number of aromatic nitrogens is 2. The average Bonchev–Trinajstić information content (AvgIpc) is 2.62. The van der Waals surface area contributed by atoms with E-state index in [-0.39, 0.29) is 18.6 Å². The van der Waals surface area contributed by atoms with Crippen LogP contribution in [-0.4, -0.2) is 34.6 Å². The highest BCUT2D eigenvalue weighted by Crippen LogP contribution is 2.21. The number of aliphatic hydroxyl groups excluding tert-OH is 1. The van der Waals surface area contributed by atoms with Gasteiger partial charge in [0, 0.05) is 17.2 Å². The Balaban J connectivity index is 2.56. The van der Waals surface area contributed by atoms with Crippen molar-refractivity contribution in [2.24, 2.45) is 0 Å². The van der Waals surface area contributed by atoms with Crippen molar-refractivity contribution in [3.63, 3.8) is 0 Å². The van der Waals surface area contributed by atoms with E-state index in [0.717, 1.165) is 5.69 Å². The predicted molar refractivity (Wildman–Crippen MR) is 59.3 cm³/mol. The summed E-state index contributed by atoms with van der Waals surface area (Å²) < 4.78 is 4.64. The zero-order valence-electron chi connectivity index (χ0n) is 9.70. The van der Waals surface area contributed by atoms with Crippen LogP contribution < -0.4 is 5.32 Å². The molecule has 0 spiro atoms. The van der Waals surface area contributed by atoms with Gasteiger partial charge < -0.3 is 9.84 Å². The normalized spacial score (nSPS) is 11.2. The van der Waals surface area contributed by atoms with Gasteiger partial charge in [-0.05, 0) is 0 Å². The number of anilines is 1. The molecular weight excluding hydrogens is 210 g/mol. The minimum absolute atomic E-state index is 0.0254. The number of hydrogen-bond acceptors (Lipinski definition) is 4. The van der Waals surface area contributed by atoms with Gasteiger partial charge in [0.25, 0.3) is 0 Å². The SMILES string of the molecule is CC(C)(C)c1cc(NC(=O)OCCO)n[nH]1. The van der Waals surface area contributed by atoms with Crippen LogP contribution in [0.2, 0.25) is 0 Å². The number of H-pyrrole nitrogens is 1. The molecule has 1 aromatic rings. The summed E-state index contributed by atoms with van der Waals surface area (Å²) in [4.78, 5) is 11.1. The van der Waals surface area contributed by atoms with Crippen LogP contribution in [0.15, 0.2) is 6.07 Å². The van der Waals surface area contributed by atoms with Gasteiger partial charge in [0.05, 0.1) is 6.61 Å². The Morgan fingerprint density at radius 3 is 2.81 bits per heavy atom. The predicted octanol–water partition coefficient (Wildman–Crippen LogP) is 1.25. The van der Waals surface area contributed by atoms with E-state index in [1.54, 1.807) is 6.07 Å². The van der Waals surface area contributed by atoms with Gasteiger partial charge in [-0.25, -0.2) is 4.79 Å². The van der Waals surface area contributed by atoms with Crippen LogP contribution in [0.4, 0.5) is 10.6 Å². The molecule has 0 aliphatic rings. The van der Waals surface area contributed by atoms with Gasteiger partial charge in [-0.1, -0.05) is 20.8 Å². The Hall–Kier alpha value is -1.56. The number of rotatable bonds is 3. The topological polar surface area (TPSA) is 87.2 Å². The second kappa shape index (κ2) is 4.98. The number of hydrogen-bond donors (Lipinski definition) is 3. The van der Waals surface area contributed by atoms with Crippen molar-refractivity contribution in [3.05, 3.63) is 11.8 Å². The fourth-order valence-corrected chi connectivity index (χ4v) is 1.05. The Bertz CT molecular complexity index is 354. The summed E-state index contributed by atoms with van der Waals surface area (Å²) in [6, 6.07) is 1.75. The van der Waals surface area contributed by atoms with Crippen molar-refractivity contribution in [1.29, 1.82) is 0 Å². The second-order valence-electron chi connectivity index (χ2n) is 4.40. The maximum atomic E-state index is 11.1. The molecule has 1 aromatic heterocycles. The number of nitrogens with zero attached hydrogens (tertiary/aromatic N) is 1. The summed E-state index contributed by atoms with van der Waals surface area (Å²) in [5.41, 5.74) is 0.868. The Kier molecular flexibility index (Phi) is 3.89. The van der Waals surface area contributed by atoms with Crippen LogP contribution in [0.5, 0.6) is 0 Å². The highest BCUT2D eigenvalue weighted by atomic mass is 16.6. The maximum Gasteiger partial charge on any atom is 0.412 e. The van der Waals surface area contributed by atoms with Crippen molar-refractivity contribution in [2.75, 3.05) is 18.5 Å². The van der Waals surface area contributed by atoms with Crippen LogP contribution in [0.1, 0.15) is 26.5 Å². The quantitative estimate of drug-likeness (QED) is 0.725. The molecule has 16 heavy (non-hydrogen) atoms. The molecule has 0 aliphatic carbocycles. The minimum atomic E-state index is -0.624. The summed E-state index contributed by atoms with van der Waals surface area (Å²) in [5.74, 6) is 0.410. The van der Waals surface area contributed by atoms with E-state index in [1.807, 2.05) is 20.8 Å². The first-order valence-electron chi connectivity index (χ1n) is 5.04. The molecule has 0 fully saturated rings. The molecular formula is C10H17N3O3. The first-order valence-corrected chi connectivity index (χ1v) is 5.04. The van der Waals surface area contributed by atoms with Gasteiger partial charge in [-0.15, -0.1) is 0 Å². The molecule has 0 aromatic carbocycles. The van der Waals surface area contributed by atoms with E-state index in [2.05, 4.69) is 20.3 Å². The van der Waals surface area contributed by atoms with E-state index < -0.39 is 6.09 Å². The third-order valence-corrected chi connectivity index (χ3v) is 1.94. The Labute approximate surface area is 94.0 Å². The summed E-state index contributed by atoms with van der Waals surface area (Å²) in [6.07, 6.45) is -0.624. The molecule has 0 unspecified atom stereocenters. The van der Waals surface area contributed by atoms with Crippen LogP contribution in [0.25, 0.3) is 0 Å². The van der Waals surface area contributed by atoms with Crippen molar-refractivity contribution in [1.82, 2.24) is 10.2 Å². The minimum Gasteiger partial charge on any atom is -0.447 e. The molecule has 90 valence electrons. The molecule has 0 saturated heterocycles. The van der Waals surface area contributed by atoms with Crippen molar-refractivity contribution in [2.45, 2.75) is 26.2 Å². The van der Waals surface area contributed by atoms with Gasteiger partial charge in [0.2, 0.25) is 0 Å². The monoisotopic (exact) mass is 227 g/mol. The third kappa shape index (κ3) is 3.54. The molecule has 3 N–H and O–H groups in total. The largest absolute Gasteiger partial charge is 0.447 e. The first kappa shape index (κ1) is 12.5. The van der Waals surface area contributed by atoms with Crippen molar-refractivity contribution in [3.8, 4) is 0 Å². The molecule has 0 bridgehead atoms. The Morgan fingerprint density at radius 2 is 2.31 bits per heavy atom. The molecule has 6 heteroatoms. The summed E-state index contributed by atoms with van der Waals surface area (Å²) in [6.45, 7) is 5.89. The fraction of sp³-hybridized carbons (Fsp3) is 0.600. The molecule has 0 saturated carbocycles. The number of aliphatic hydroxyl groups is 1. The van der Waals surface area contributed by atoms with E-state index >= 15 is 0 Å².